The number of pyridine rings is 1. The number of hydrogen-bond acceptors (Lipinski definition) is 4. The van der Waals surface area contributed by atoms with Crippen molar-refractivity contribution in [2.24, 2.45) is 0 Å². The summed E-state index contributed by atoms with van der Waals surface area (Å²) in [7, 11) is 3.93. The molecule has 0 spiro atoms. The lowest BCUT2D eigenvalue weighted by Crippen LogP contribution is -2.17. The van der Waals surface area contributed by atoms with Gasteiger partial charge in [-0.1, -0.05) is 12.1 Å². The summed E-state index contributed by atoms with van der Waals surface area (Å²) in [6.07, 6.45) is 1.81. The van der Waals surface area contributed by atoms with Gasteiger partial charge in [0.2, 0.25) is 0 Å². The summed E-state index contributed by atoms with van der Waals surface area (Å²) < 4.78 is 0. The molecule has 2 aromatic rings. The number of nitrogens with zero attached hydrogens (tertiary/aromatic N) is 3. The maximum Gasteiger partial charge on any atom is 0.125 e. The Morgan fingerprint density at radius 2 is 1.95 bits per heavy atom. The molecule has 0 bridgehead atoms. The van der Waals surface area contributed by atoms with E-state index in [2.05, 4.69) is 28.3 Å². The van der Waals surface area contributed by atoms with Crippen molar-refractivity contribution in [1.82, 2.24) is 9.88 Å². The van der Waals surface area contributed by atoms with Gasteiger partial charge in [-0.3, -0.25) is 4.90 Å². The molecule has 20 heavy (non-hydrogen) atoms. The van der Waals surface area contributed by atoms with Crippen molar-refractivity contribution < 1.29 is 0 Å². The van der Waals surface area contributed by atoms with Crippen LogP contribution >= 0.6 is 0 Å². The number of benzene rings is 1. The highest BCUT2D eigenvalue weighted by Gasteiger charge is 2.03. The second-order valence-corrected chi connectivity index (χ2v) is 4.78. The van der Waals surface area contributed by atoms with Gasteiger partial charge in [-0.05, 0) is 42.4 Å². The summed E-state index contributed by atoms with van der Waals surface area (Å²) in [5.74, 6) is 0.877. The van der Waals surface area contributed by atoms with E-state index >= 15 is 0 Å². The van der Waals surface area contributed by atoms with Gasteiger partial charge in [0.1, 0.15) is 5.82 Å². The van der Waals surface area contributed by atoms with Crippen LogP contribution in [0.4, 0.5) is 5.82 Å². The van der Waals surface area contributed by atoms with E-state index in [0.717, 1.165) is 24.5 Å². The first-order chi connectivity index (χ1) is 9.71. The van der Waals surface area contributed by atoms with Gasteiger partial charge in [-0.2, -0.15) is 5.26 Å². The Hall–Kier alpha value is -2.38. The van der Waals surface area contributed by atoms with Crippen molar-refractivity contribution in [2.75, 3.05) is 19.4 Å². The average molecular weight is 266 g/mol. The van der Waals surface area contributed by atoms with Crippen molar-refractivity contribution in [1.29, 1.82) is 5.26 Å². The van der Waals surface area contributed by atoms with Gasteiger partial charge in [-0.15, -0.1) is 0 Å². The maximum absolute atomic E-state index is 8.91. The maximum atomic E-state index is 8.91. The van der Waals surface area contributed by atoms with Gasteiger partial charge in [0.05, 0.1) is 11.6 Å². The van der Waals surface area contributed by atoms with Crippen LogP contribution in [0.15, 0.2) is 42.6 Å². The van der Waals surface area contributed by atoms with Crippen molar-refractivity contribution in [2.45, 2.75) is 13.1 Å². The van der Waals surface area contributed by atoms with Crippen molar-refractivity contribution in [3.05, 3.63) is 59.3 Å². The molecule has 1 aromatic carbocycles. The molecule has 4 nitrogen and oxygen atoms in total. The predicted molar refractivity (Wildman–Crippen MR) is 80.1 cm³/mol. The molecule has 0 saturated carbocycles. The van der Waals surface area contributed by atoms with E-state index in [1.807, 2.05) is 49.6 Å². The molecule has 0 atom stereocenters. The van der Waals surface area contributed by atoms with Crippen molar-refractivity contribution in [3.63, 3.8) is 0 Å². The summed E-state index contributed by atoms with van der Waals surface area (Å²) in [6, 6.07) is 14.0. The molecule has 1 N–H and O–H groups in total. The first-order valence-electron chi connectivity index (χ1n) is 6.51. The molecule has 0 saturated heterocycles. The number of anilines is 1. The van der Waals surface area contributed by atoms with E-state index in [1.165, 1.54) is 5.56 Å². The average Bonchev–Trinajstić information content (AvgIpc) is 2.47. The second-order valence-electron chi connectivity index (χ2n) is 4.78. The molecule has 0 aliphatic carbocycles. The lowest BCUT2D eigenvalue weighted by atomic mass is 10.1. The van der Waals surface area contributed by atoms with Crippen LogP contribution in [0.25, 0.3) is 0 Å². The molecule has 0 aliphatic rings. The topological polar surface area (TPSA) is 52.0 Å². The van der Waals surface area contributed by atoms with Crippen LogP contribution in [0, 0.1) is 11.3 Å². The Morgan fingerprint density at radius 1 is 1.20 bits per heavy atom. The third kappa shape index (κ3) is 3.81. The van der Waals surface area contributed by atoms with Crippen LogP contribution in [0.3, 0.4) is 0 Å². The Labute approximate surface area is 119 Å². The number of rotatable bonds is 5. The fraction of sp³-hybridized carbons (Fsp3) is 0.250. The second kappa shape index (κ2) is 6.69. The Balaban J connectivity index is 2.01. The SMILES string of the molecule is CNc1cc(CN(C)Cc2cccc(C#N)c2)ccn1. The third-order valence-corrected chi connectivity index (χ3v) is 3.04. The number of nitrogens with one attached hydrogen (secondary N) is 1. The lowest BCUT2D eigenvalue weighted by molar-refractivity contribution is 0.319. The minimum atomic E-state index is 0.706. The van der Waals surface area contributed by atoms with E-state index in [9.17, 15) is 0 Å². The molecule has 0 radical (unpaired) electrons. The zero-order valence-corrected chi connectivity index (χ0v) is 11.8. The zero-order valence-electron chi connectivity index (χ0n) is 11.8. The van der Waals surface area contributed by atoms with Gasteiger partial charge < -0.3 is 5.32 Å². The summed E-state index contributed by atoms with van der Waals surface area (Å²) in [4.78, 5) is 6.42. The number of nitriles is 1. The van der Waals surface area contributed by atoms with E-state index in [-0.39, 0.29) is 0 Å². The predicted octanol–water partition coefficient (Wildman–Crippen LogP) is 2.63. The van der Waals surface area contributed by atoms with Crippen LogP contribution in [-0.4, -0.2) is 24.0 Å². The van der Waals surface area contributed by atoms with E-state index < -0.39 is 0 Å². The van der Waals surface area contributed by atoms with E-state index in [4.69, 9.17) is 5.26 Å². The van der Waals surface area contributed by atoms with Gasteiger partial charge >= 0.3 is 0 Å². The van der Waals surface area contributed by atoms with Crippen LogP contribution in [0.2, 0.25) is 0 Å². The fourth-order valence-corrected chi connectivity index (χ4v) is 2.13. The van der Waals surface area contributed by atoms with Gasteiger partial charge in [0, 0.05) is 26.3 Å². The number of aromatic nitrogens is 1. The Kier molecular flexibility index (Phi) is 4.70. The zero-order chi connectivity index (χ0) is 14.4. The van der Waals surface area contributed by atoms with Crippen LogP contribution < -0.4 is 5.32 Å². The summed E-state index contributed by atoms with van der Waals surface area (Å²) in [5, 5.41) is 12.0. The normalized spacial score (nSPS) is 10.3. The van der Waals surface area contributed by atoms with Crippen LogP contribution in [-0.2, 0) is 13.1 Å². The Bertz CT molecular complexity index is 616. The van der Waals surface area contributed by atoms with E-state index in [0.29, 0.717) is 5.56 Å². The molecule has 0 unspecified atom stereocenters. The summed E-state index contributed by atoms with van der Waals surface area (Å²) >= 11 is 0. The van der Waals surface area contributed by atoms with Crippen LogP contribution in [0.1, 0.15) is 16.7 Å². The lowest BCUT2D eigenvalue weighted by Gasteiger charge is -2.17. The summed E-state index contributed by atoms with van der Waals surface area (Å²) in [6.45, 7) is 1.65. The van der Waals surface area contributed by atoms with Gasteiger partial charge in [0.25, 0.3) is 0 Å². The first kappa shape index (κ1) is 14.0. The highest BCUT2D eigenvalue weighted by Crippen LogP contribution is 2.11. The van der Waals surface area contributed by atoms with Crippen molar-refractivity contribution >= 4 is 5.82 Å². The third-order valence-electron chi connectivity index (χ3n) is 3.04. The van der Waals surface area contributed by atoms with E-state index in [1.54, 1.807) is 0 Å². The smallest absolute Gasteiger partial charge is 0.125 e. The monoisotopic (exact) mass is 266 g/mol. The van der Waals surface area contributed by atoms with Gasteiger partial charge in [0.15, 0.2) is 0 Å². The minimum absolute atomic E-state index is 0.706. The number of hydrogen-bond donors (Lipinski definition) is 1. The minimum Gasteiger partial charge on any atom is -0.373 e. The molecular formula is C16H18N4. The molecule has 102 valence electrons. The standard InChI is InChI=1S/C16H18N4/c1-18-16-9-15(6-7-19-16)12-20(2)11-14-5-3-4-13(8-14)10-17/h3-9H,11-12H2,1-2H3,(H,18,19). The fourth-order valence-electron chi connectivity index (χ4n) is 2.13. The first-order valence-corrected chi connectivity index (χ1v) is 6.51. The molecule has 0 amide bonds. The Morgan fingerprint density at radius 3 is 2.65 bits per heavy atom. The molecular weight excluding hydrogens is 248 g/mol. The van der Waals surface area contributed by atoms with Crippen molar-refractivity contribution in [3.8, 4) is 6.07 Å². The molecule has 4 heteroatoms. The van der Waals surface area contributed by atoms with Crippen LogP contribution in [0.5, 0.6) is 0 Å². The summed E-state index contributed by atoms with van der Waals surface area (Å²) in [5.41, 5.74) is 3.06. The van der Waals surface area contributed by atoms with Gasteiger partial charge in [-0.25, -0.2) is 4.98 Å². The molecule has 1 heterocycles. The highest BCUT2D eigenvalue weighted by molar-refractivity contribution is 5.36. The highest BCUT2D eigenvalue weighted by atomic mass is 15.1. The largest absolute Gasteiger partial charge is 0.373 e. The molecule has 2 rings (SSSR count). The molecule has 0 fully saturated rings. The molecule has 1 aromatic heterocycles. The quantitative estimate of drug-likeness (QED) is 0.904. The molecule has 0 aliphatic heterocycles.